The van der Waals surface area contributed by atoms with Crippen LogP contribution in [0.1, 0.15) is 0 Å². The molecule has 0 spiro atoms. The summed E-state index contributed by atoms with van der Waals surface area (Å²) in [6.07, 6.45) is 0.718. The van der Waals surface area contributed by atoms with Crippen LogP contribution in [0.15, 0.2) is 0 Å². The number of hydrogen-bond acceptors (Lipinski definition) is 2. The molecule has 0 rings (SSSR count). The molecule has 0 aliphatic carbocycles. The molecular formula is C4H7N3O2. The van der Waals surface area contributed by atoms with Gasteiger partial charge in [-0.2, -0.15) is 4.79 Å². The first-order valence-electron chi connectivity index (χ1n) is 2.37. The zero-order chi connectivity index (χ0) is 7.11. The monoisotopic (exact) mass is 129 g/mol. The molecule has 0 bridgehead atoms. The van der Waals surface area contributed by atoms with Crippen molar-refractivity contribution in [3.63, 3.8) is 0 Å². The van der Waals surface area contributed by atoms with Gasteiger partial charge in [-0.1, -0.05) is 0 Å². The van der Waals surface area contributed by atoms with E-state index < -0.39 is 5.91 Å². The molecule has 5 nitrogen and oxygen atoms in total. The first-order chi connectivity index (χ1) is 4.31. The van der Waals surface area contributed by atoms with Crippen molar-refractivity contribution >= 4 is 12.1 Å². The number of nitrogens with one attached hydrogen (secondary N) is 1. The molecule has 0 heterocycles. The number of hydrogen-bond donors (Lipinski definition) is 2. The quantitative estimate of drug-likeness (QED) is 0.273. The van der Waals surface area contributed by atoms with Crippen molar-refractivity contribution in [1.29, 1.82) is 0 Å². The fourth-order valence-electron chi connectivity index (χ4n) is 0.277. The summed E-state index contributed by atoms with van der Waals surface area (Å²) in [5, 5.41) is 10.4. The van der Waals surface area contributed by atoms with Gasteiger partial charge in [-0.15, -0.1) is 0 Å². The van der Waals surface area contributed by atoms with Crippen LogP contribution in [0.3, 0.4) is 0 Å². The Kier molecular flexibility index (Phi) is 4.30. The van der Waals surface area contributed by atoms with Crippen LogP contribution in [0.4, 0.5) is 0 Å². The maximum Gasteiger partial charge on any atom is 0.344 e. The Morgan fingerprint density at radius 2 is 2.56 bits per heavy atom. The lowest BCUT2D eigenvalue weighted by Gasteiger charge is -1.90. The standard InChI is InChI=1S/C4H7N3O2/c5-7-3-4(9)6-1-2-8/h3,8H,1-2H2,(H,6,9). The van der Waals surface area contributed by atoms with Crippen LogP contribution in [0.2, 0.25) is 0 Å². The first kappa shape index (κ1) is 7.81. The number of aliphatic hydroxyl groups is 1. The topological polar surface area (TPSA) is 85.7 Å². The highest BCUT2D eigenvalue weighted by atomic mass is 16.3. The Bertz CT molecular complexity index is 139. The smallest absolute Gasteiger partial charge is 0.344 e. The highest BCUT2D eigenvalue weighted by Gasteiger charge is 1.96. The molecule has 0 aromatic rings. The third kappa shape index (κ3) is 4.67. The van der Waals surface area contributed by atoms with E-state index in [0.717, 1.165) is 6.21 Å². The lowest BCUT2D eigenvalue weighted by molar-refractivity contribution is -0.118. The van der Waals surface area contributed by atoms with Gasteiger partial charge in [0.1, 0.15) is 0 Å². The van der Waals surface area contributed by atoms with Crippen molar-refractivity contribution in [2.24, 2.45) is 0 Å². The van der Waals surface area contributed by atoms with Gasteiger partial charge in [0.15, 0.2) is 0 Å². The lowest BCUT2D eigenvalue weighted by Crippen LogP contribution is -2.27. The van der Waals surface area contributed by atoms with Crippen molar-refractivity contribution in [1.82, 2.24) is 5.32 Å². The van der Waals surface area contributed by atoms with E-state index in [9.17, 15) is 4.79 Å². The zero-order valence-electron chi connectivity index (χ0n) is 4.74. The largest absolute Gasteiger partial charge is 0.395 e. The maximum atomic E-state index is 10.3. The SMILES string of the molecule is [N-]=[N+]=CC(=O)NCCO. The van der Waals surface area contributed by atoms with E-state index >= 15 is 0 Å². The van der Waals surface area contributed by atoms with Crippen LogP contribution in [0.5, 0.6) is 0 Å². The maximum absolute atomic E-state index is 10.3. The molecule has 50 valence electrons. The van der Waals surface area contributed by atoms with E-state index in [-0.39, 0.29) is 13.2 Å². The summed E-state index contributed by atoms with van der Waals surface area (Å²) in [5.41, 5.74) is 7.78. The lowest BCUT2D eigenvalue weighted by atomic mass is 10.6. The minimum Gasteiger partial charge on any atom is -0.395 e. The van der Waals surface area contributed by atoms with Gasteiger partial charge in [0, 0.05) is 6.54 Å². The third-order valence-electron chi connectivity index (χ3n) is 0.586. The molecular weight excluding hydrogens is 122 g/mol. The Morgan fingerprint density at radius 1 is 1.89 bits per heavy atom. The van der Waals surface area contributed by atoms with Crippen molar-refractivity contribution in [2.75, 3.05) is 13.2 Å². The normalized spacial score (nSPS) is 7.67. The zero-order valence-corrected chi connectivity index (χ0v) is 4.74. The highest BCUT2D eigenvalue weighted by Crippen LogP contribution is 1.55. The van der Waals surface area contributed by atoms with Gasteiger partial charge < -0.3 is 16.0 Å². The van der Waals surface area contributed by atoms with E-state index in [0.29, 0.717) is 0 Å². The summed E-state index contributed by atoms with van der Waals surface area (Å²) in [6.45, 7) is 0.0515. The molecule has 0 aromatic carbocycles. The number of aliphatic hydroxyl groups excluding tert-OH is 1. The number of rotatable bonds is 3. The molecule has 0 radical (unpaired) electrons. The number of nitrogens with zero attached hydrogens (tertiary/aromatic N) is 2. The Balaban J connectivity index is 3.39. The van der Waals surface area contributed by atoms with E-state index in [1.165, 1.54) is 0 Å². The van der Waals surface area contributed by atoms with E-state index in [1.807, 2.05) is 0 Å². The second-order valence-electron chi connectivity index (χ2n) is 1.26. The average molecular weight is 129 g/mol. The van der Waals surface area contributed by atoms with Crippen molar-refractivity contribution < 1.29 is 14.7 Å². The highest BCUT2D eigenvalue weighted by molar-refractivity contribution is 6.23. The minimum absolute atomic E-state index is 0.120. The molecule has 0 unspecified atom stereocenters. The van der Waals surface area contributed by atoms with E-state index in [2.05, 4.69) is 10.1 Å². The fourth-order valence-corrected chi connectivity index (χ4v) is 0.277. The Hall–Kier alpha value is -1.19. The Labute approximate surface area is 51.9 Å². The first-order valence-corrected chi connectivity index (χ1v) is 2.37. The van der Waals surface area contributed by atoms with Crippen LogP contribution in [0.25, 0.3) is 5.53 Å². The molecule has 0 fully saturated rings. The summed E-state index contributed by atoms with van der Waals surface area (Å²) < 4.78 is 0. The van der Waals surface area contributed by atoms with Gasteiger partial charge in [-0.3, -0.25) is 4.79 Å². The van der Waals surface area contributed by atoms with Crippen LogP contribution >= 0.6 is 0 Å². The van der Waals surface area contributed by atoms with Crippen LogP contribution in [-0.2, 0) is 4.79 Å². The van der Waals surface area contributed by atoms with Gasteiger partial charge in [0.05, 0.1) is 6.61 Å². The summed E-state index contributed by atoms with van der Waals surface area (Å²) in [6, 6.07) is 0. The van der Waals surface area contributed by atoms with Gasteiger partial charge in [-0.25, -0.2) is 0 Å². The average Bonchev–Trinajstić information content (AvgIpc) is 1.85. The van der Waals surface area contributed by atoms with Crippen LogP contribution in [0, 0.1) is 0 Å². The fraction of sp³-hybridized carbons (Fsp3) is 0.500. The van der Waals surface area contributed by atoms with Gasteiger partial charge in [0.25, 0.3) is 0 Å². The molecule has 5 heteroatoms. The van der Waals surface area contributed by atoms with Gasteiger partial charge in [0.2, 0.25) is 0 Å². The molecule has 0 aliphatic heterocycles. The van der Waals surface area contributed by atoms with Gasteiger partial charge >= 0.3 is 12.1 Å². The predicted molar refractivity (Wildman–Crippen MR) is 29.8 cm³/mol. The number of amides is 1. The molecule has 0 saturated heterocycles. The van der Waals surface area contributed by atoms with Crippen LogP contribution in [-0.4, -0.2) is 35.2 Å². The molecule has 0 aliphatic rings. The van der Waals surface area contributed by atoms with E-state index in [1.54, 1.807) is 0 Å². The van der Waals surface area contributed by atoms with Crippen molar-refractivity contribution in [3.05, 3.63) is 5.53 Å². The molecule has 1 amide bonds. The molecule has 2 N–H and O–H groups in total. The van der Waals surface area contributed by atoms with Crippen LogP contribution < -0.4 is 5.32 Å². The van der Waals surface area contributed by atoms with Crippen molar-refractivity contribution in [2.45, 2.75) is 0 Å². The second-order valence-corrected chi connectivity index (χ2v) is 1.26. The summed E-state index contributed by atoms with van der Waals surface area (Å²) in [7, 11) is 0. The molecule has 0 atom stereocenters. The second kappa shape index (κ2) is 4.96. The molecule has 0 aromatic heterocycles. The summed E-state index contributed by atoms with van der Waals surface area (Å²) in [4.78, 5) is 12.7. The van der Waals surface area contributed by atoms with Gasteiger partial charge in [-0.05, 0) is 0 Å². The third-order valence-corrected chi connectivity index (χ3v) is 0.586. The van der Waals surface area contributed by atoms with Crippen molar-refractivity contribution in [3.8, 4) is 0 Å². The Morgan fingerprint density at radius 3 is 3.00 bits per heavy atom. The summed E-state index contributed by atoms with van der Waals surface area (Å²) in [5.74, 6) is -0.522. The minimum atomic E-state index is -0.522. The number of carbonyl (C=O) groups is 1. The molecule has 0 saturated carbocycles. The van der Waals surface area contributed by atoms with E-state index in [4.69, 9.17) is 10.6 Å². The molecule has 9 heavy (non-hydrogen) atoms. The predicted octanol–water partition coefficient (Wildman–Crippen LogP) is -1.60. The number of carbonyl (C=O) groups excluding carboxylic acids is 1. The summed E-state index contributed by atoms with van der Waals surface area (Å²) >= 11 is 0.